The summed E-state index contributed by atoms with van der Waals surface area (Å²) in [7, 11) is 0. The van der Waals surface area contributed by atoms with Gasteiger partial charge in [-0.3, -0.25) is 0 Å². The molecule has 4 heteroatoms. The van der Waals surface area contributed by atoms with Crippen molar-refractivity contribution in [2.75, 3.05) is 0 Å². The van der Waals surface area contributed by atoms with Gasteiger partial charge in [0.05, 0.1) is 0 Å². The van der Waals surface area contributed by atoms with E-state index in [0.29, 0.717) is 6.54 Å². The zero-order valence-corrected chi connectivity index (χ0v) is 11.9. The summed E-state index contributed by atoms with van der Waals surface area (Å²) in [5, 5.41) is 2.12. The molecule has 0 fully saturated rings. The molecule has 2 aromatic rings. The molecule has 0 aliphatic rings. The molecule has 0 atom stereocenters. The molecule has 0 aliphatic carbocycles. The molecule has 0 radical (unpaired) electrons. The second kappa shape index (κ2) is 5.87. The van der Waals surface area contributed by atoms with E-state index < -0.39 is 0 Å². The Kier molecular flexibility index (Phi) is 4.46. The quantitative estimate of drug-likeness (QED) is 0.853. The largest absolute Gasteiger partial charge is 0.326 e. The lowest BCUT2D eigenvalue weighted by Gasteiger charge is -2.02. The minimum atomic E-state index is 0.610. The van der Waals surface area contributed by atoms with Gasteiger partial charge in [-0.05, 0) is 39.7 Å². The molecular weight excluding hydrogens is 302 g/mol. The van der Waals surface area contributed by atoms with Crippen LogP contribution in [0.3, 0.4) is 0 Å². The smallest absolute Gasteiger partial charge is 0.0326 e. The molecule has 0 aliphatic heterocycles. The van der Waals surface area contributed by atoms with E-state index in [1.807, 2.05) is 11.8 Å². The molecule has 2 N–H and O–H groups in total. The Morgan fingerprint density at radius 3 is 2.88 bits per heavy atom. The SMILES string of the molecule is NCc1cccc(SCc2cc(Br)cs2)c1. The predicted molar refractivity (Wildman–Crippen MR) is 75.9 cm³/mol. The van der Waals surface area contributed by atoms with E-state index in [1.165, 1.54) is 19.8 Å². The summed E-state index contributed by atoms with van der Waals surface area (Å²) in [6.45, 7) is 0.610. The fraction of sp³-hybridized carbons (Fsp3) is 0.167. The zero-order valence-electron chi connectivity index (χ0n) is 8.65. The highest BCUT2D eigenvalue weighted by Crippen LogP contribution is 2.28. The second-order valence-electron chi connectivity index (χ2n) is 3.37. The molecule has 0 spiro atoms. The molecule has 1 nitrogen and oxygen atoms in total. The highest BCUT2D eigenvalue weighted by molar-refractivity contribution is 9.10. The molecule has 0 unspecified atom stereocenters. The average molecular weight is 314 g/mol. The van der Waals surface area contributed by atoms with Crippen molar-refractivity contribution in [3.8, 4) is 0 Å². The van der Waals surface area contributed by atoms with Crippen molar-refractivity contribution in [3.05, 3.63) is 50.6 Å². The van der Waals surface area contributed by atoms with Crippen LogP contribution in [-0.2, 0) is 12.3 Å². The van der Waals surface area contributed by atoms with Crippen molar-refractivity contribution in [3.63, 3.8) is 0 Å². The van der Waals surface area contributed by atoms with Gasteiger partial charge in [0.15, 0.2) is 0 Å². The van der Waals surface area contributed by atoms with Gasteiger partial charge in [0.2, 0.25) is 0 Å². The summed E-state index contributed by atoms with van der Waals surface area (Å²) >= 11 is 7.10. The monoisotopic (exact) mass is 313 g/mol. The topological polar surface area (TPSA) is 26.0 Å². The van der Waals surface area contributed by atoms with Crippen LogP contribution >= 0.6 is 39.0 Å². The Bertz CT molecular complexity index is 468. The van der Waals surface area contributed by atoms with E-state index in [1.54, 1.807) is 11.3 Å². The third-order valence-electron chi connectivity index (χ3n) is 2.14. The van der Waals surface area contributed by atoms with Crippen LogP contribution in [0.1, 0.15) is 10.4 Å². The zero-order chi connectivity index (χ0) is 11.4. The molecule has 1 heterocycles. The van der Waals surface area contributed by atoms with E-state index in [9.17, 15) is 0 Å². The minimum Gasteiger partial charge on any atom is -0.326 e. The standard InChI is InChI=1S/C12H12BrNS2/c13-10-5-12(15-7-10)8-16-11-3-1-2-9(4-11)6-14/h1-5,7H,6,8,14H2. The third kappa shape index (κ3) is 3.35. The van der Waals surface area contributed by atoms with Crippen molar-refractivity contribution >= 4 is 39.0 Å². The van der Waals surface area contributed by atoms with Crippen LogP contribution in [0.2, 0.25) is 0 Å². The maximum Gasteiger partial charge on any atom is 0.0326 e. The summed E-state index contributed by atoms with van der Waals surface area (Å²) in [6, 6.07) is 10.6. The number of benzene rings is 1. The van der Waals surface area contributed by atoms with Gasteiger partial charge in [-0.25, -0.2) is 0 Å². The second-order valence-corrected chi connectivity index (χ2v) is 6.33. The molecule has 0 saturated heterocycles. The molecule has 1 aromatic heterocycles. The third-order valence-corrected chi connectivity index (χ3v) is 5.06. The van der Waals surface area contributed by atoms with Crippen molar-refractivity contribution in [1.29, 1.82) is 0 Å². The van der Waals surface area contributed by atoms with E-state index in [-0.39, 0.29) is 0 Å². The number of rotatable bonds is 4. The van der Waals surface area contributed by atoms with E-state index in [4.69, 9.17) is 5.73 Å². The molecule has 2 rings (SSSR count). The van der Waals surface area contributed by atoms with Gasteiger partial charge in [-0.2, -0.15) is 0 Å². The molecular formula is C12H12BrNS2. The van der Waals surface area contributed by atoms with Crippen LogP contribution in [0.15, 0.2) is 45.1 Å². The van der Waals surface area contributed by atoms with Gasteiger partial charge in [-0.1, -0.05) is 12.1 Å². The van der Waals surface area contributed by atoms with Crippen LogP contribution < -0.4 is 5.73 Å². The first kappa shape index (κ1) is 12.2. The Balaban J connectivity index is 1.99. The first-order chi connectivity index (χ1) is 7.78. The Morgan fingerprint density at radius 1 is 1.31 bits per heavy atom. The van der Waals surface area contributed by atoms with Gasteiger partial charge in [0, 0.05) is 31.9 Å². The average Bonchev–Trinajstić information content (AvgIpc) is 2.73. The lowest BCUT2D eigenvalue weighted by atomic mass is 10.2. The van der Waals surface area contributed by atoms with Gasteiger partial charge in [-0.15, -0.1) is 23.1 Å². The summed E-state index contributed by atoms with van der Waals surface area (Å²) in [6.07, 6.45) is 0. The summed E-state index contributed by atoms with van der Waals surface area (Å²) < 4.78 is 1.17. The molecule has 1 aromatic carbocycles. The lowest BCUT2D eigenvalue weighted by Crippen LogP contribution is -1.95. The number of halogens is 1. The molecule has 16 heavy (non-hydrogen) atoms. The molecule has 84 valence electrons. The van der Waals surface area contributed by atoms with Gasteiger partial charge < -0.3 is 5.73 Å². The predicted octanol–water partition coefficient (Wildman–Crippen LogP) is 4.26. The summed E-state index contributed by atoms with van der Waals surface area (Å²) in [4.78, 5) is 2.67. The Morgan fingerprint density at radius 2 is 2.19 bits per heavy atom. The number of thioether (sulfide) groups is 1. The lowest BCUT2D eigenvalue weighted by molar-refractivity contribution is 1.06. The van der Waals surface area contributed by atoms with Crippen molar-refractivity contribution in [2.45, 2.75) is 17.2 Å². The van der Waals surface area contributed by atoms with Crippen LogP contribution in [0.5, 0.6) is 0 Å². The van der Waals surface area contributed by atoms with Crippen LogP contribution in [-0.4, -0.2) is 0 Å². The van der Waals surface area contributed by atoms with Crippen LogP contribution in [0, 0.1) is 0 Å². The number of hydrogen-bond donors (Lipinski definition) is 1. The summed E-state index contributed by atoms with van der Waals surface area (Å²) in [5.74, 6) is 1.02. The van der Waals surface area contributed by atoms with Crippen molar-refractivity contribution < 1.29 is 0 Å². The Hall–Kier alpha value is -0.290. The molecule has 0 amide bonds. The fourth-order valence-electron chi connectivity index (χ4n) is 1.35. The maximum absolute atomic E-state index is 5.62. The normalized spacial score (nSPS) is 10.6. The highest BCUT2D eigenvalue weighted by atomic mass is 79.9. The number of hydrogen-bond acceptors (Lipinski definition) is 3. The fourth-order valence-corrected chi connectivity index (χ4v) is 3.83. The van der Waals surface area contributed by atoms with Gasteiger partial charge >= 0.3 is 0 Å². The maximum atomic E-state index is 5.62. The Labute approximate surface area is 112 Å². The van der Waals surface area contributed by atoms with Gasteiger partial charge in [0.25, 0.3) is 0 Å². The van der Waals surface area contributed by atoms with E-state index in [2.05, 4.69) is 51.6 Å². The van der Waals surface area contributed by atoms with E-state index >= 15 is 0 Å². The minimum absolute atomic E-state index is 0.610. The molecule has 0 bridgehead atoms. The van der Waals surface area contributed by atoms with Crippen LogP contribution in [0.25, 0.3) is 0 Å². The van der Waals surface area contributed by atoms with Crippen LogP contribution in [0.4, 0.5) is 0 Å². The summed E-state index contributed by atoms with van der Waals surface area (Å²) in [5.41, 5.74) is 6.81. The number of thiophene rings is 1. The number of nitrogens with two attached hydrogens (primary N) is 1. The highest BCUT2D eigenvalue weighted by Gasteiger charge is 2.00. The van der Waals surface area contributed by atoms with E-state index in [0.717, 1.165) is 5.75 Å². The molecule has 0 saturated carbocycles. The van der Waals surface area contributed by atoms with Crippen molar-refractivity contribution in [1.82, 2.24) is 0 Å². The van der Waals surface area contributed by atoms with Gasteiger partial charge in [0.1, 0.15) is 0 Å². The van der Waals surface area contributed by atoms with Crippen molar-refractivity contribution in [2.24, 2.45) is 5.73 Å². The first-order valence-corrected chi connectivity index (χ1v) is 7.58. The first-order valence-electron chi connectivity index (χ1n) is 4.92.